The van der Waals surface area contributed by atoms with Crippen LogP contribution >= 0.6 is 0 Å². The third-order valence-electron chi connectivity index (χ3n) is 5.39. The Hall–Kier alpha value is -3.20. The number of nitrogens with one attached hydrogen (secondary N) is 2. The predicted molar refractivity (Wildman–Crippen MR) is 108 cm³/mol. The quantitative estimate of drug-likeness (QED) is 0.700. The van der Waals surface area contributed by atoms with Crippen LogP contribution in [-0.4, -0.2) is 58.3 Å². The highest BCUT2D eigenvalue weighted by atomic mass is 16.2. The van der Waals surface area contributed by atoms with E-state index in [0.29, 0.717) is 17.7 Å². The van der Waals surface area contributed by atoms with Crippen molar-refractivity contribution in [1.82, 2.24) is 24.8 Å². The van der Waals surface area contributed by atoms with Crippen molar-refractivity contribution in [3.63, 3.8) is 0 Å². The van der Waals surface area contributed by atoms with Crippen molar-refractivity contribution in [2.24, 2.45) is 7.05 Å². The largest absolute Gasteiger partial charge is 0.369 e. The molecule has 0 atom stereocenters. The van der Waals surface area contributed by atoms with Gasteiger partial charge in [0.05, 0.1) is 12.0 Å². The van der Waals surface area contributed by atoms with Crippen molar-refractivity contribution >= 4 is 34.4 Å². The predicted octanol–water partition coefficient (Wildman–Crippen LogP) is 1.37. The Labute approximate surface area is 162 Å². The molecular weight excluding hydrogens is 356 g/mol. The second kappa shape index (κ2) is 6.75. The maximum Gasteiger partial charge on any atom is 0.327 e. The normalized spacial score (nSPS) is 16.5. The maximum absolute atomic E-state index is 13.0. The summed E-state index contributed by atoms with van der Waals surface area (Å²) in [6.07, 6.45) is 5.98. The zero-order chi connectivity index (χ0) is 19.1. The lowest BCUT2D eigenvalue weighted by molar-refractivity contribution is 0.257. The number of rotatable bonds is 2. The SMILES string of the molecule is Cn1cnc2c(NC(=O)N3CCc4c(N5CCNCC5)ccnc43)ccnc21. The number of anilines is 3. The molecule has 0 bridgehead atoms. The number of aromatic nitrogens is 4. The van der Waals surface area contributed by atoms with Crippen LogP contribution in [0, 0.1) is 0 Å². The Balaban J connectivity index is 1.42. The fraction of sp³-hybridized carbons (Fsp3) is 0.368. The number of piperazine rings is 1. The zero-order valence-corrected chi connectivity index (χ0v) is 15.7. The lowest BCUT2D eigenvalue weighted by Crippen LogP contribution is -2.43. The van der Waals surface area contributed by atoms with E-state index >= 15 is 0 Å². The first-order chi connectivity index (χ1) is 13.7. The molecule has 0 radical (unpaired) electrons. The average Bonchev–Trinajstić information content (AvgIpc) is 3.33. The molecule has 0 aliphatic carbocycles. The zero-order valence-electron chi connectivity index (χ0n) is 15.7. The van der Waals surface area contributed by atoms with Gasteiger partial charge in [0.25, 0.3) is 0 Å². The Morgan fingerprint density at radius 1 is 1.11 bits per heavy atom. The molecule has 0 unspecified atom stereocenters. The van der Waals surface area contributed by atoms with Crippen LogP contribution in [0.3, 0.4) is 0 Å². The number of carbonyl (C=O) groups excluding carboxylic acids is 1. The number of hydrogen-bond donors (Lipinski definition) is 2. The maximum atomic E-state index is 13.0. The van der Waals surface area contributed by atoms with Gasteiger partial charge < -0.3 is 20.1 Å². The minimum atomic E-state index is -0.193. The Morgan fingerprint density at radius 2 is 1.93 bits per heavy atom. The Bertz CT molecular complexity index is 1040. The van der Waals surface area contributed by atoms with E-state index in [2.05, 4.69) is 36.6 Å². The van der Waals surface area contributed by atoms with Crippen LogP contribution in [0.5, 0.6) is 0 Å². The molecule has 0 spiro atoms. The van der Waals surface area contributed by atoms with E-state index in [0.717, 1.165) is 49.6 Å². The molecule has 2 aliphatic rings. The van der Waals surface area contributed by atoms with Crippen LogP contribution < -0.4 is 20.4 Å². The monoisotopic (exact) mass is 378 g/mol. The van der Waals surface area contributed by atoms with E-state index in [4.69, 9.17) is 0 Å². The fourth-order valence-corrected chi connectivity index (χ4v) is 3.98. The van der Waals surface area contributed by atoms with Crippen LogP contribution in [0.4, 0.5) is 22.0 Å². The van der Waals surface area contributed by atoms with Crippen LogP contribution in [0.15, 0.2) is 30.9 Å². The number of fused-ring (bicyclic) bond motifs is 2. The molecule has 1 saturated heterocycles. The van der Waals surface area contributed by atoms with Gasteiger partial charge in [0.15, 0.2) is 5.65 Å². The molecule has 2 amide bonds. The number of urea groups is 1. The Kier molecular flexibility index (Phi) is 4.09. The van der Waals surface area contributed by atoms with Gasteiger partial charge in [0.1, 0.15) is 11.3 Å². The molecule has 5 rings (SSSR count). The van der Waals surface area contributed by atoms with Gasteiger partial charge in [0.2, 0.25) is 0 Å². The summed E-state index contributed by atoms with van der Waals surface area (Å²) < 4.78 is 1.83. The summed E-state index contributed by atoms with van der Waals surface area (Å²) in [6.45, 7) is 4.51. The number of aryl methyl sites for hydroxylation is 1. The van der Waals surface area contributed by atoms with E-state index in [9.17, 15) is 4.79 Å². The van der Waals surface area contributed by atoms with Crippen molar-refractivity contribution in [1.29, 1.82) is 0 Å². The molecule has 9 heteroatoms. The highest BCUT2D eigenvalue weighted by Gasteiger charge is 2.30. The summed E-state index contributed by atoms with van der Waals surface area (Å²) in [7, 11) is 1.88. The standard InChI is InChI=1S/C19H22N8O/c1-25-12-23-16-14(2-5-22-18(16)25)24-19(28)27-9-4-13-15(3-6-21-17(13)27)26-10-7-20-8-11-26/h2-3,5-6,12,20H,4,7-11H2,1H3,(H,22,24,28). The van der Waals surface area contributed by atoms with Gasteiger partial charge in [-0.05, 0) is 18.6 Å². The molecule has 5 heterocycles. The number of imidazole rings is 1. The van der Waals surface area contributed by atoms with Gasteiger partial charge in [0, 0.05) is 63.4 Å². The first kappa shape index (κ1) is 16.9. The lowest BCUT2D eigenvalue weighted by atomic mass is 10.1. The molecule has 0 aromatic carbocycles. The Morgan fingerprint density at radius 3 is 2.79 bits per heavy atom. The number of amides is 2. The molecule has 2 N–H and O–H groups in total. The molecule has 0 saturated carbocycles. The van der Waals surface area contributed by atoms with Gasteiger partial charge in [-0.3, -0.25) is 4.90 Å². The minimum Gasteiger partial charge on any atom is -0.369 e. The third kappa shape index (κ3) is 2.75. The molecule has 9 nitrogen and oxygen atoms in total. The van der Waals surface area contributed by atoms with E-state index in [1.54, 1.807) is 29.7 Å². The summed E-state index contributed by atoms with van der Waals surface area (Å²) in [5, 5.41) is 6.37. The second-order valence-corrected chi connectivity index (χ2v) is 7.09. The highest BCUT2D eigenvalue weighted by Crippen LogP contribution is 2.34. The van der Waals surface area contributed by atoms with Crippen molar-refractivity contribution in [3.8, 4) is 0 Å². The van der Waals surface area contributed by atoms with Crippen molar-refractivity contribution < 1.29 is 4.79 Å². The van der Waals surface area contributed by atoms with E-state index in [-0.39, 0.29) is 6.03 Å². The third-order valence-corrected chi connectivity index (χ3v) is 5.39. The van der Waals surface area contributed by atoms with Gasteiger partial charge in [-0.25, -0.2) is 19.7 Å². The van der Waals surface area contributed by atoms with E-state index in [1.165, 1.54) is 5.69 Å². The second-order valence-electron chi connectivity index (χ2n) is 7.09. The average molecular weight is 378 g/mol. The first-order valence-corrected chi connectivity index (χ1v) is 9.50. The van der Waals surface area contributed by atoms with Crippen LogP contribution in [0.1, 0.15) is 5.56 Å². The highest BCUT2D eigenvalue weighted by molar-refractivity contribution is 6.06. The van der Waals surface area contributed by atoms with Crippen LogP contribution in [-0.2, 0) is 13.5 Å². The molecule has 3 aromatic heterocycles. The summed E-state index contributed by atoms with van der Waals surface area (Å²) in [5.41, 5.74) is 4.41. The van der Waals surface area contributed by atoms with E-state index < -0.39 is 0 Å². The minimum absolute atomic E-state index is 0.193. The summed E-state index contributed by atoms with van der Waals surface area (Å²) >= 11 is 0. The van der Waals surface area contributed by atoms with Crippen LogP contribution in [0.2, 0.25) is 0 Å². The van der Waals surface area contributed by atoms with E-state index in [1.807, 2.05) is 11.6 Å². The molecular formula is C19H22N8O. The lowest BCUT2D eigenvalue weighted by Gasteiger charge is -2.31. The fourth-order valence-electron chi connectivity index (χ4n) is 3.98. The van der Waals surface area contributed by atoms with Crippen LogP contribution in [0.25, 0.3) is 11.2 Å². The number of nitrogens with zero attached hydrogens (tertiary/aromatic N) is 6. The number of hydrogen-bond acceptors (Lipinski definition) is 6. The summed E-state index contributed by atoms with van der Waals surface area (Å²) in [6, 6.07) is 3.64. The topological polar surface area (TPSA) is 91.2 Å². The van der Waals surface area contributed by atoms with Gasteiger partial charge >= 0.3 is 6.03 Å². The van der Waals surface area contributed by atoms with Gasteiger partial charge in [-0.2, -0.15) is 0 Å². The van der Waals surface area contributed by atoms with Crippen molar-refractivity contribution in [2.75, 3.05) is 47.8 Å². The molecule has 144 valence electrons. The van der Waals surface area contributed by atoms with Gasteiger partial charge in [-0.1, -0.05) is 0 Å². The first-order valence-electron chi connectivity index (χ1n) is 9.50. The molecule has 28 heavy (non-hydrogen) atoms. The molecule has 2 aliphatic heterocycles. The summed E-state index contributed by atoms with van der Waals surface area (Å²) in [4.78, 5) is 30.3. The number of pyridine rings is 2. The smallest absolute Gasteiger partial charge is 0.327 e. The van der Waals surface area contributed by atoms with Crippen molar-refractivity contribution in [3.05, 3.63) is 36.4 Å². The van der Waals surface area contributed by atoms with Crippen molar-refractivity contribution in [2.45, 2.75) is 6.42 Å². The number of carbonyl (C=O) groups is 1. The van der Waals surface area contributed by atoms with Gasteiger partial charge in [-0.15, -0.1) is 0 Å². The summed E-state index contributed by atoms with van der Waals surface area (Å²) in [5.74, 6) is 0.750. The molecule has 3 aromatic rings. The molecule has 1 fully saturated rings.